The Labute approximate surface area is 185 Å². The summed E-state index contributed by atoms with van der Waals surface area (Å²) in [4.78, 5) is 0. The van der Waals surface area contributed by atoms with Gasteiger partial charge in [0.25, 0.3) is 0 Å². The van der Waals surface area contributed by atoms with Crippen LogP contribution in [0.5, 0.6) is 0 Å². The summed E-state index contributed by atoms with van der Waals surface area (Å²) >= 11 is 0. The minimum atomic E-state index is -0.164. The number of hydrogen-bond acceptors (Lipinski definition) is 3. The third kappa shape index (κ3) is 3.79. The number of hydrogen-bond donors (Lipinski definition) is 3. The Kier molecular flexibility index (Phi) is 6.66. The molecule has 0 heterocycles. The second-order valence-electron chi connectivity index (χ2n) is 12.6. The monoisotopic (exact) mass is 420 g/mol. The molecule has 0 aliphatic heterocycles. The lowest BCUT2D eigenvalue weighted by Crippen LogP contribution is -2.58. The van der Waals surface area contributed by atoms with Gasteiger partial charge in [-0.15, -0.1) is 0 Å². The van der Waals surface area contributed by atoms with E-state index in [0.29, 0.717) is 47.0 Å². The summed E-state index contributed by atoms with van der Waals surface area (Å²) in [7, 11) is 0. The summed E-state index contributed by atoms with van der Waals surface area (Å²) in [5.74, 6) is 4.28. The van der Waals surface area contributed by atoms with Crippen LogP contribution in [-0.2, 0) is 0 Å². The van der Waals surface area contributed by atoms with E-state index in [-0.39, 0.29) is 12.2 Å². The molecule has 0 unspecified atom stereocenters. The van der Waals surface area contributed by atoms with Gasteiger partial charge in [-0.05, 0) is 110 Å². The van der Waals surface area contributed by atoms with Crippen LogP contribution in [0.2, 0.25) is 0 Å². The number of fused-ring (bicyclic) bond motifs is 5. The van der Waals surface area contributed by atoms with Gasteiger partial charge in [0, 0.05) is 6.61 Å². The van der Waals surface area contributed by atoms with Crippen molar-refractivity contribution in [2.24, 2.45) is 52.3 Å². The molecule has 0 radical (unpaired) electrons. The first-order valence-corrected chi connectivity index (χ1v) is 13.2. The first-order chi connectivity index (χ1) is 14.2. The Bertz CT molecular complexity index is 593. The van der Waals surface area contributed by atoms with Crippen LogP contribution >= 0.6 is 0 Å². The molecule has 4 saturated carbocycles. The van der Waals surface area contributed by atoms with Crippen molar-refractivity contribution in [3.8, 4) is 0 Å². The van der Waals surface area contributed by atoms with E-state index in [1.54, 1.807) is 0 Å². The van der Waals surface area contributed by atoms with Gasteiger partial charge in [0.1, 0.15) is 0 Å². The largest absolute Gasteiger partial charge is 0.396 e. The second-order valence-corrected chi connectivity index (χ2v) is 12.6. The van der Waals surface area contributed by atoms with Crippen LogP contribution < -0.4 is 0 Å². The van der Waals surface area contributed by atoms with Crippen LogP contribution in [0.4, 0.5) is 0 Å². The van der Waals surface area contributed by atoms with Crippen molar-refractivity contribution in [3.05, 3.63) is 0 Å². The molecular formula is C27H48O3. The predicted octanol–water partition coefficient (Wildman–Crippen LogP) is 5.41. The van der Waals surface area contributed by atoms with E-state index in [1.165, 1.54) is 38.5 Å². The van der Waals surface area contributed by atoms with Crippen LogP contribution in [-0.4, -0.2) is 34.1 Å². The highest BCUT2D eigenvalue weighted by Crippen LogP contribution is 2.68. The Morgan fingerprint density at radius 2 is 1.57 bits per heavy atom. The molecule has 11 atom stereocenters. The van der Waals surface area contributed by atoms with E-state index >= 15 is 0 Å². The lowest BCUT2D eigenvalue weighted by Gasteiger charge is -2.62. The molecule has 3 N–H and O–H groups in total. The molecule has 0 aromatic carbocycles. The van der Waals surface area contributed by atoms with Crippen molar-refractivity contribution >= 4 is 0 Å². The van der Waals surface area contributed by atoms with Crippen molar-refractivity contribution in [3.63, 3.8) is 0 Å². The average Bonchev–Trinajstić information content (AvgIpc) is 3.06. The number of aliphatic hydroxyl groups excluding tert-OH is 3. The number of aliphatic hydroxyl groups is 3. The third-order valence-electron chi connectivity index (χ3n) is 11.1. The van der Waals surface area contributed by atoms with Crippen molar-refractivity contribution in [1.82, 2.24) is 0 Å². The Morgan fingerprint density at radius 1 is 0.867 bits per heavy atom. The normalized spacial score (nSPS) is 50.3. The van der Waals surface area contributed by atoms with Gasteiger partial charge in [0.2, 0.25) is 0 Å². The molecule has 0 bridgehead atoms. The van der Waals surface area contributed by atoms with Crippen molar-refractivity contribution in [1.29, 1.82) is 0 Å². The predicted molar refractivity (Wildman–Crippen MR) is 122 cm³/mol. The highest BCUT2D eigenvalue weighted by Gasteiger charge is 2.62. The van der Waals surface area contributed by atoms with E-state index in [2.05, 4.69) is 27.7 Å². The highest BCUT2D eigenvalue weighted by atomic mass is 16.3. The van der Waals surface area contributed by atoms with E-state index in [9.17, 15) is 15.3 Å². The lowest BCUT2D eigenvalue weighted by atomic mass is 9.43. The van der Waals surface area contributed by atoms with E-state index in [1.807, 2.05) is 0 Å². The molecule has 0 aromatic heterocycles. The molecule has 0 spiro atoms. The zero-order valence-corrected chi connectivity index (χ0v) is 20.0. The Morgan fingerprint density at radius 3 is 2.30 bits per heavy atom. The summed E-state index contributed by atoms with van der Waals surface area (Å²) in [6.45, 7) is 10.0. The van der Waals surface area contributed by atoms with Crippen molar-refractivity contribution in [2.75, 3.05) is 6.61 Å². The summed E-state index contributed by atoms with van der Waals surface area (Å²) in [5, 5.41) is 30.9. The van der Waals surface area contributed by atoms with E-state index in [4.69, 9.17) is 0 Å². The van der Waals surface area contributed by atoms with Crippen LogP contribution in [0.3, 0.4) is 0 Å². The highest BCUT2D eigenvalue weighted by molar-refractivity contribution is 5.11. The summed E-state index contributed by atoms with van der Waals surface area (Å²) in [6, 6.07) is 0. The minimum Gasteiger partial charge on any atom is -0.396 e. The molecule has 4 fully saturated rings. The van der Waals surface area contributed by atoms with Crippen LogP contribution in [0.15, 0.2) is 0 Å². The first-order valence-electron chi connectivity index (χ1n) is 13.2. The van der Waals surface area contributed by atoms with Gasteiger partial charge >= 0.3 is 0 Å². The molecule has 4 aliphatic rings. The SMILES string of the molecule is C[C@H](CO)CCC[C@@H](C)[C@H]1CC[C@H]2[C@@H]3[C@H](O)C[C@H]4C[C@H](O)CC[C@]4(C)[C@H]3CC[C@]12C. The smallest absolute Gasteiger partial charge is 0.0577 e. The molecule has 4 rings (SSSR count). The quantitative estimate of drug-likeness (QED) is 0.538. The van der Waals surface area contributed by atoms with Crippen LogP contribution in [0.1, 0.15) is 98.3 Å². The molecular weight excluding hydrogens is 372 g/mol. The van der Waals surface area contributed by atoms with Gasteiger partial charge in [-0.25, -0.2) is 0 Å². The molecule has 4 aliphatic carbocycles. The fraction of sp³-hybridized carbons (Fsp3) is 1.00. The molecule has 174 valence electrons. The van der Waals surface area contributed by atoms with Gasteiger partial charge < -0.3 is 15.3 Å². The maximum atomic E-state index is 11.4. The molecule has 0 aromatic rings. The van der Waals surface area contributed by atoms with Gasteiger partial charge in [-0.1, -0.05) is 40.5 Å². The van der Waals surface area contributed by atoms with Gasteiger partial charge in [0.05, 0.1) is 12.2 Å². The van der Waals surface area contributed by atoms with Crippen molar-refractivity contribution in [2.45, 2.75) is 111 Å². The third-order valence-corrected chi connectivity index (χ3v) is 11.1. The standard InChI is InChI=1S/C27H48O3/c1-17(16-28)6-5-7-18(2)21-8-9-22-25-23(11-13-27(21,22)4)26(3)12-10-20(29)14-19(26)15-24(25)30/h17-25,28-30H,5-16H2,1-4H3/t17-,18+,19+,20+,21+,22-,23-,24+,25-,26-,27+/m0/s1. The maximum absolute atomic E-state index is 11.4. The average molecular weight is 421 g/mol. The van der Waals surface area contributed by atoms with Gasteiger partial charge in [-0.2, -0.15) is 0 Å². The van der Waals surface area contributed by atoms with Crippen LogP contribution in [0, 0.1) is 52.3 Å². The zero-order valence-electron chi connectivity index (χ0n) is 20.0. The summed E-state index contributed by atoms with van der Waals surface area (Å²) < 4.78 is 0. The summed E-state index contributed by atoms with van der Waals surface area (Å²) in [5.41, 5.74) is 0.718. The van der Waals surface area contributed by atoms with E-state index < -0.39 is 0 Å². The maximum Gasteiger partial charge on any atom is 0.0577 e. The first kappa shape index (κ1) is 23.1. The van der Waals surface area contributed by atoms with Gasteiger partial charge in [0.15, 0.2) is 0 Å². The molecule has 0 amide bonds. The van der Waals surface area contributed by atoms with Crippen LogP contribution in [0.25, 0.3) is 0 Å². The van der Waals surface area contributed by atoms with E-state index in [0.717, 1.165) is 43.9 Å². The fourth-order valence-electron chi connectivity index (χ4n) is 9.26. The molecule has 3 nitrogen and oxygen atoms in total. The summed E-state index contributed by atoms with van der Waals surface area (Å²) in [6.07, 6.45) is 12.5. The number of rotatable bonds is 6. The molecule has 30 heavy (non-hydrogen) atoms. The Balaban J connectivity index is 1.47. The molecule has 3 heteroatoms. The lowest BCUT2D eigenvalue weighted by molar-refractivity contribution is -0.174. The minimum absolute atomic E-state index is 0.147. The molecule has 0 saturated heterocycles. The van der Waals surface area contributed by atoms with Crippen molar-refractivity contribution < 1.29 is 15.3 Å². The zero-order chi connectivity index (χ0) is 21.7. The van der Waals surface area contributed by atoms with Gasteiger partial charge in [-0.3, -0.25) is 0 Å². The fourth-order valence-corrected chi connectivity index (χ4v) is 9.26. The second kappa shape index (κ2) is 8.67. The topological polar surface area (TPSA) is 60.7 Å². The Hall–Kier alpha value is -0.120.